The minimum Gasteiger partial charge on any atom is -0.370 e. The average molecular weight is 335 g/mol. The molecule has 0 radical (unpaired) electrons. The molecule has 24 heavy (non-hydrogen) atoms. The second kappa shape index (κ2) is 6.51. The van der Waals surface area contributed by atoms with E-state index >= 15 is 0 Å². The molecule has 0 spiro atoms. The van der Waals surface area contributed by atoms with Crippen LogP contribution in [-0.4, -0.2) is 24.0 Å². The lowest BCUT2D eigenvalue weighted by Crippen LogP contribution is -2.19. The highest BCUT2D eigenvalue weighted by Gasteiger charge is 2.30. The summed E-state index contributed by atoms with van der Waals surface area (Å²) in [5.41, 5.74) is 0.810. The van der Waals surface area contributed by atoms with E-state index in [4.69, 9.17) is 0 Å². The van der Waals surface area contributed by atoms with E-state index in [1.807, 2.05) is 0 Å². The van der Waals surface area contributed by atoms with Gasteiger partial charge < -0.3 is 10.2 Å². The summed E-state index contributed by atoms with van der Waals surface area (Å²) in [6.45, 7) is 1.87. The molecule has 0 aliphatic carbocycles. The predicted molar refractivity (Wildman–Crippen MR) is 85.1 cm³/mol. The van der Waals surface area contributed by atoms with Crippen molar-refractivity contribution in [3.05, 3.63) is 53.9 Å². The lowest BCUT2D eigenvalue weighted by Gasteiger charge is -2.17. The second-order valence-electron chi connectivity index (χ2n) is 5.66. The van der Waals surface area contributed by atoms with Crippen molar-refractivity contribution in [1.82, 2.24) is 4.98 Å². The van der Waals surface area contributed by atoms with Gasteiger partial charge in [-0.3, -0.25) is 9.78 Å². The Bertz CT molecular complexity index is 723. The second-order valence-corrected chi connectivity index (χ2v) is 5.66. The molecule has 126 valence electrons. The number of anilines is 2. The highest BCUT2D eigenvalue weighted by molar-refractivity contribution is 6.04. The first kappa shape index (κ1) is 16.3. The van der Waals surface area contributed by atoms with Gasteiger partial charge in [0, 0.05) is 25.0 Å². The Hall–Kier alpha value is -2.57. The molecule has 3 rings (SSSR count). The largest absolute Gasteiger partial charge is 0.416 e. The molecule has 0 unspecified atom stereocenters. The molecule has 1 aromatic heterocycles. The molecule has 0 saturated carbocycles. The number of hydrogen-bond acceptors (Lipinski definition) is 3. The highest BCUT2D eigenvalue weighted by Crippen LogP contribution is 2.30. The zero-order valence-electron chi connectivity index (χ0n) is 12.8. The fourth-order valence-electron chi connectivity index (χ4n) is 2.65. The molecule has 1 N–H and O–H groups in total. The normalized spacial score (nSPS) is 14.7. The molecule has 4 nitrogen and oxygen atoms in total. The van der Waals surface area contributed by atoms with Crippen molar-refractivity contribution in [3.63, 3.8) is 0 Å². The van der Waals surface area contributed by atoms with Gasteiger partial charge in [-0.1, -0.05) is 0 Å². The van der Waals surface area contributed by atoms with Gasteiger partial charge in [-0.2, -0.15) is 13.2 Å². The standard InChI is InChI=1S/C17H16F3N3O/c18-17(19,20)13-3-5-14(6-4-13)22-16(24)12-9-15(11-21-10-12)23-7-1-2-8-23/h3-6,9-11H,1-2,7-8H2,(H,22,24). The molecular weight excluding hydrogens is 319 g/mol. The number of benzene rings is 1. The first-order chi connectivity index (χ1) is 11.4. The van der Waals surface area contributed by atoms with E-state index in [2.05, 4.69) is 15.2 Å². The minimum atomic E-state index is -4.39. The number of nitrogens with zero attached hydrogens (tertiary/aromatic N) is 2. The van der Waals surface area contributed by atoms with Crippen LogP contribution in [0.5, 0.6) is 0 Å². The number of rotatable bonds is 3. The van der Waals surface area contributed by atoms with Gasteiger partial charge in [0.05, 0.1) is 23.0 Å². The third-order valence-electron chi connectivity index (χ3n) is 3.93. The van der Waals surface area contributed by atoms with Gasteiger partial charge in [-0.25, -0.2) is 0 Å². The summed E-state index contributed by atoms with van der Waals surface area (Å²) in [5, 5.41) is 2.59. The molecule has 0 bridgehead atoms. The van der Waals surface area contributed by atoms with Crippen molar-refractivity contribution < 1.29 is 18.0 Å². The molecule has 0 atom stereocenters. The third-order valence-corrected chi connectivity index (χ3v) is 3.93. The fraction of sp³-hybridized carbons (Fsp3) is 0.294. The van der Waals surface area contributed by atoms with E-state index in [0.717, 1.165) is 43.8 Å². The number of nitrogens with one attached hydrogen (secondary N) is 1. The molecule has 1 aromatic carbocycles. The van der Waals surface area contributed by atoms with E-state index in [1.165, 1.54) is 18.3 Å². The topological polar surface area (TPSA) is 45.2 Å². The first-order valence-corrected chi connectivity index (χ1v) is 7.62. The van der Waals surface area contributed by atoms with E-state index in [0.29, 0.717) is 11.3 Å². The molecular formula is C17H16F3N3O. The van der Waals surface area contributed by atoms with E-state index in [9.17, 15) is 18.0 Å². The van der Waals surface area contributed by atoms with Crippen LogP contribution >= 0.6 is 0 Å². The van der Waals surface area contributed by atoms with E-state index in [-0.39, 0.29) is 0 Å². The van der Waals surface area contributed by atoms with Gasteiger partial charge in [-0.15, -0.1) is 0 Å². The molecule has 1 saturated heterocycles. The van der Waals surface area contributed by atoms with Gasteiger partial charge in [-0.05, 0) is 43.2 Å². The van der Waals surface area contributed by atoms with Gasteiger partial charge >= 0.3 is 6.18 Å². The number of carbonyl (C=O) groups is 1. The molecule has 2 aromatic rings. The maximum Gasteiger partial charge on any atom is 0.416 e. The monoisotopic (exact) mass is 335 g/mol. The summed E-state index contributed by atoms with van der Waals surface area (Å²) in [6.07, 6.45) is 0.986. The van der Waals surface area contributed by atoms with Gasteiger partial charge in [0.25, 0.3) is 5.91 Å². The molecule has 1 aliphatic heterocycles. The Balaban J connectivity index is 1.71. The van der Waals surface area contributed by atoms with Crippen LogP contribution < -0.4 is 10.2 Å². The van der Waals surface area contributed by atoms with Crippen molar-refractivity contribution >= 4 is 17.3 Å². The van der Waals surface area contributed by atoms with Crippen LogP contribution in [0, 0.1) is 0 Å². The zero-order chi connectivity index (χ0) is 17.2. The molecule has 1 amide bonds. The molecule has 7 heteroatoms. The molecule has 1 aliphatic rings. The Labute approximate surface area is 137 Å². The van der Waals surface area contributed by atoms with Crippen LogP contribution in [0.2, 0.25) is 0 Å². The maximum absolute atomic E-state index is 12.5. The number of pyridine rings is 1. The Morgan fingerprint density at radius 3 is 2.38 bits per heavy atom. The van der Waals surface area contributed by atoms with Crippen LogP contribution in [-0.2, 0) is 6.18 Å². The van der Waals surface area contributed by atoms with Crippen molar-refractivity contribution in [1.29, 1.82) is 0 Å². The van der Waals surface area contributed by atoms with E-state index in [1.54, 1.807) is 12.3 Å². The number of alkyl halides is 3. The smallest absolute Gasteiger partial charge is 0.370 e. The Morgan fingerprint density at radius 1 is 1.08 bits per heavy atom. The summed E-state index contributed by atoms with van der Waals surface area (Å²) in [4.78, 5) is 18.5. The SMILES string of the molecule is O=C(Nc1ccc(C(F)(F)F)cc1)c1cncc(N2CCCC2)c1. The summed E-state index contributed by atoms with van der Waals surface area (Å²) in [6, 6.07) is 6.09. The number of hydrogen-bond donors (Lipinski definition) is 1. The quantitative estimate of drug-likeness (QED) is 0.924. The maximum atomic E-state index is 12.5. The highest BCUT2D eigenvalue weighted by atomic mass is 19.4. The van der Waals surface area contributed by atoms with Crippen molar-refractivity contribution in [2.45, 2.75) is 19.0 Å². The van der Waals surface area contributed by atoms with Crippen molar-refractivity contribution in [2.75, 3.05) is 23.3 Å². The first-order valence-electron chi connectivity index (χ1n) is 7.62. The summed E-state index contributed by atoms with van der Waals surface area (Å²) in [7, 11) is 0. The van der Waals surface area contributed by atoms with Crippen LogP contribution in [0.15, 0.2) is 42.7 Å². The summed E-state index contributed by atoms with van der Waals surface area (Å²) < 4.78 is 37.6. The Kier molecular flexibility index (Phi) is 4.42. The van der Waals surface area contributed by atoms with Crippen LogP contribution in [0.1, 0.15) is 28.8 Å². The number of carbonyl (C=O) groups excluding carboxylic acids is 1. The van der Waals surface area contributed by atoms with Crippen LogP contribution in [0.4, 0.5) is 24.5 Å². The third kappa shape index (κ3) is 3.67. The fourth-order valence-corrected chi connectivity index (χ4v) is 2.65. The van der Waals surface area contributed by atoms with Crippen LogP contribution in [0.25, 0.3) is 0 Å². The van der Waals surface area contributed by atoms with Crippen molar-refractivity contribution in [3.8, 4) is 0 Å². The van der Waals surface area contributed by atoms with Crippen LogP contribution in [0.3, 0.4) is 0 Å². The number of amides is 1. The zero-order valence-corrected chi connectivity index (χ0v) is 12.8. The minimum absolute atomic E-state index is 0.305. The van der Waals surface area contributed by atoms with Gasteiger partial charge in [0.1, 0.15) is 0 Å². The lowest BCUT2D eigenvalue weighted by molar-refractivity contribution is -0.137. The molecule has 2 heterocycles. The summed E-state index contributed by atoms with van der Waals surface area (Å²) >= 11 is 0. The van der Waals surface area contributed by atoms with Crippen molar-refractivity contribution in [2.24, 2.45) is 0 Å². The lowest BCUT2D eigenvalue weighted by atomic mass is 10.2. The average Bonchev–Trinajstić information content (AvgIpc) is 3.09. The predicted octanol–water partition coefficient (Wildman–Crippen LogP) is 3.95. The Morgan fingerprint density at radius 2 is 1.75 bits per heavy atom. The van der Waals surface area contributed by atoms with Gasteiger partial charge in [0.2, 0.25) is 0 Å². The van der Waals surface area contributed by atoms with E-state index < -0.39 is 17.6 Å². The number of halogens is 3. The van der Waals surface area contributed by atoms with Gasteiger partial charge in [0.15, 0.2) is 0 Å². The number of aromatic nitrogens is 1. The summed E-state index contributed by atoms with van der Waals surface area (Å²) in [5.74, 6) is -0.400. The molecule has 1 fully saturated rings.